The van der Waals surface area contributed by atoms with Gasteiger partial charge in [-0.1, -0.05) is 6.92 Å². The molecule has 0 bridgehead atoms. The van der Waals surface area contributed by atoms with Crippen molar-refractivity contribution in [1.82, 2.24) is 4.90 Å². The molecule has 14 heavy (non-hydrogen) atoms. The molecule has 3 aliphatic rings. The molecule has 3 rings (SSSR count). The number of hydrogen-bond donors (Lipinski definition) is 0. The van der Waals surface area contributed by atoms with Crippen LogP contribution in [0.1, 0.15) is 39.0 Å². The Hall–Kier alpha value is -0.370. The molecule has 1 atom stereocenters. The van der Waals surface area contributed by atoms with E-state index in [1.54, 1.807) is 0 Å². The smallest absolute Gasteiger partial charge is 0.0872 e. The van der Waals surface area contributed by atoms with Crippen LogP contribution in [0, 0.1) is 5.41 Å². The van der Waals surface area contributed by atoms with Gasteiger partial charge in [0.25, 0.3) is 0 Å². The molecular formula is C12H18FN. The van der Waals surface area contributed by atoms with E-state index in [9.17, 15) is 4.39 Å². The summed E-state index contributed by atoms with van der Waals surface area (Å²) in [6.07, 6.45) is 7.18. The zero-order chi connectivity index (χ0) is 9.81. The minimum absolute atomic E-state index is 0.352. The van der Waals surface area contributed by atoms with Crippen molar-refractivity contribution in [2.45, 2.75) is 44.6 Å². The van der Waals surface area contributed by atoms with E-state index in [2.05, 4.69) is 11.8 Å². The SMILES string of the molecule is CC[C@]12C/C(=C/F)CN1CCC21CC1. The van der Waals surface area contributed by atoms with Crippen LogP contribution in [0.3, 0.4) is 0 Å². The number of rotatable bonds is 1. The van der Waals surface area contributed by atoms with Crippen molar-refractivity contribution in [3.63, 3.8) is 0 Å². The lowest BCUT2D eigenvalue weighted by molar-refractivity contribution is 0.131. The molecule has 0 aromatic heterocycles. The van der Waals surface area contributed by atoms with Crippen LogP contribution in [0.5, 0.6) is 0 Å². The van der Waals surface area contributed by atoms with Crippen LogP contribution in [0.15, 0.2) is 11.9 Å². The maximum absolute atomic E-state index is 12.6. The van der Waals surface area contributed by atoms with Crippen LogP contribution in [0.25, 0.3) is 0 Å². The quantitative estimate of drug-likeness (QED) is 0.622. The van der Waals surface area contributed by atoms with E-state index in [-0.39, 0.29) is 0 Å². The van der Waals surface area contributed by atoms with Crippen LogP contribution in [-0.4, -0.2) is 23.5 Å². The molecule has 0 unspecified atom stereocenters. The van der Waals surface area contributed by atoms with Crippen molar-refractivity contribution in [3.05, 3.63) is 11.9 Å². The highest BCUT2D eigenvalue weighted by Crippen LogP contribution is 2.67. The first kappa shape index (κ1) is 8.90. The monoisotopic (exact) mass is 195 g/mol. The fourth-order valence-corrected chi connectivity index (χ4v) is 4.00. The first-order valence-corrected chi connectivity index (χ1v) is 5.79. The van der Waals surface area contributed by atoms with E-state index in [1.165, 1.54) is 32.2 Å². The predicted octanol–water partition coefficient (Wildman–Crippen LogP) is 2.88. The highest BCUT2D eigenvalue weighted by atomic mass is 19.1. The van der Waals surface area contributed by atoms with Gasteiger partial charge < -0.3 is 0 Å². The second-order valence-electron chi connectivity index (χ2n) is 5.28. The zero-order valence-corrected chi connectivity index (χ0v) is 8.85. The summed E-state index contributed by atoms with van der Waals surface area (Å²) >= 11 is 0. The molecule has 0 radical (unpaired) electrons. The van der Waals surface area contributed by atoms with E-state index in [4.69, 9.17) is 0 Å². The first-order chi connectivity index (χ1) is 6.76. The molecule has 0 amide bonds. The molecule has 1 aliphatic carbocycles. The van der Waals surface area contributed by atoms with Gasteiger partial charge in [-0.25, -0.2) is 4.39 Å². The van der Waals surface area contributed by atoms with Crippen molar-refractivity contribution >= 4 is 0 Å². The van der Waals surface area contributed by atoms with Crippen LogP contribution in [0.2, 0.25) is 0 Å². The lowest BCUT2D eigenvalue weighted by atomic mass is 9.77. The third-order valence-electron chi connectivity index (χ3n) is 4.96. The maximum atomic E-state index is 12.6. The van der Waals surface area contributed by atoms with E-state index in [0.717, 1.165) is 24.9 Å². The summed E-state index contributed by atoms with van der Waals surface area (Å²) < 4.78 is 12.6. The largest absolute Gasteiger partial charge is 0.293 e. The Morgan fingerprint density at radius 2 is 2.21 bits per heavy atom. The Kier molecular flexibility index (Phi) is 1.65. The number of fused-ring (bicyclic) bond motifs is 2. The Labute approximate surface area is 85.0 Å². The van der Waals surface area contributed by atoms with Gasteiger partial charge in [0, 0.05) is 12.1 Å². The van der Waals surface area contributed by atoms with Crippen LogP contribution >= 0.6 is 0 Å². The molecule has 0 aromatic carbocycles. The molecule has 2 heteroatoms. The van der Waals surface area contributed by atoms with Crippen molar-refractivity contribution in [1.29, 1.82) is 0 Å². The summed E-state index contributed by atoms with van der Waals surface area (Å²) in [6, 6.07) is 0. The lowest BCUT2D eigenvalue weighted by Gasteiger charge is -2.36. The van der Waals surface area contributed by atoms with Gasteiger partial charge in [-0.05, 0) is 49.6 Å². The Morgan fingerprint density at radius 1 is 1.43 bits per heavy atom. The van der Waals surface area contributed by atoms with Crippen molar-refractivity contribution in [2.24, 2.45) is 5.41 Å². The molecule has 1 saturated carbocycles. The third-order valence-corrected chi connectivity index (χ3v) is 4.96. The highest BCUT2D eigenvalue weighted by Gasteiger charge is 2.66. The van der Waals surface area contributed by atoms with Gasteiger partial charge >= 0.3 is 0 Å². The number of nitrogens with zero attached hydrogens (tertiary/aromatic N) is 1. The Morgan fingerprint density at radius 3 is 2.79 bits per heavy atom. The number of halogens is 1. The van der Waals surface area contributed by atoms with Crippen LogP contribution in [-0.2, 0) is 0 Å². The molecule has 78 valence electrons. The van der Waals surface area contributed by atoms with E-state index < -0.39 is 0 Å². The van der Waals surface area contributed by atoms with Crippen LogP contribution in [0.4, 0.5) is 4.39 Å². The predicted molar refractivity (Wildman–Crippen MR) is 54.7 cm³/mol. The average molecular weight is 195 g/mol. The van der Waals surface area contributed by atoms with Crippen molar-refractivity contribution in [2.75, 3.05) is 13.1 Å². The standard InChI is InChI=1S/C12H18FN/c1-2-12-7-10(8-13)9-14(12)6-5-11(12)3-4-11/h8H,2-7,9H2,1H3/b10-8-/t12-/m1/s1. The fourth-order valence-electron chi connectivity index (χ4n) is 4.00. The zero-order valence-electron chi connectivity index (χ0n) is 8.85. The third kappa shape index (κ3) is 0.837. The minimum atomic E-state index is 0.352. The van der Waals surface area contributed by atoms with Gasteiger partial charge in [0.2, 0.25) is 0 Å². The summed E-state index contributed by atoms with van der Waals surface area (Å²) in [5.74, 6) is 0. The second kappa shape index (κ2) is 2.60. The van der Waals surface area contributed by atoms with Crippen LogP contribution < -0.4 is 0 Å². The molecule has 2 aliphatic heterocycles. The molecule has 0 aromatic rings. The average Bonchev–Trinajstić information content (AvgIpc) is 2.82. The topological polar surface area (TPSA) is 3.24 Å². The Balaban J connectivity index is 1.98. The summed E-state index contributed by atoms with van der Waals surface area (Å²) in [6.45, 7) is 4.37. The van der Waals surface area contributed by atoms with E-state index in [0.29, 0.717) is 11.0 Å². The molecular weight excluding hydrogens is 177 g/mol. The minimum Gasteiger partial charge on any atom is -0.293 e. The van der Waals surface area contributed by atoms with Gasteiger partial charge in [0.1, 0.15) is 0 Å². The maximum Gasteiger partial charge on any atom is 0.0872 e. The molecule has 1 nitrogen and oxygen atoms in total. The van der Waals surface area contributed by atoms with Gasteiger partial charge in [-0.2, -0.15) is 0 Å². The summed E-state index contributed by atoms with van der Waals surface area (Å²) in [4.78, 5) is 2.55. The van der Waals surface area contributed by atoms with Crippen molar-refractivity contribution in [3.8, 4) is 0 Å². The van der Waals surface area contributed by atoms with Gasteiger partial charge in [-0.15, -0.1) is 0 Å². The summed E-state index contributed by atoms with van der Waals surface area (Å²) in [5.41, 5.74) is 1.97. The summed E-state index contributed by atoms with van der Waals surface area (Å²) in [7, 11) is 0. The lowest BCUT2D eigenvalue weighted by Crippen LogP contribution is -2.43. The molecule has 3 fully saturated rings. The second-order valence-corrected chi connectivity index (χ2v) is 5.28. The van der Waals surface area contributed by atoms with Gasteiger partial charge in [-0.3, -0.25) is 4.90 Å². The molecule has 2 heterocycles. The highest BCUT2D eigenvalue weighted by molar-refractivity contribution is 5.28. The van der Waals surface area contributed by atoms with Gasteiger partial charge in [0.15, 0.2) is 0 Å². The van der Waals surface area contributed by atoms with Gasteiger partial charge in [0.05, 0.1) is 6.33 Å². The van der Waals surface area contributed by atoms with Crippen molar-refractivity contribution < 1.29 is 4.39 Å². The molecule has 1 spiro atoms. The summed E-state index contributed by atoms with van der Waals surface area (Å²) in [5, 5.41) is 0. The molecule has 2 saturated heterocycles. The fraction of sp³-hybridized carbons (Fsp3) is 0.833. The van der Waals surface area contributed by atoms with E-state index >= 15 is 0 Å². The first-order valence-electron chi connectivity index (χ1n) is 5.79. The number of hydrogen-bond acceptors (Lipinski definition) is 1. The normalized spacial score (nSPS) is 42.3. The molecule has 0 N–H and O–H groups in total. The Bertz CT molecular complexity index is 293. The van der Waals surface area contributed by atoms with E-state index in [1.807, 2.05) is 0 Å².